The summed E-state index contributed by atoms with van der Waals surface area (Å²) in [6.45, 7) is 3.26. The predicted octanol–water partition coefficient (Wildman–Crippen LogP) is 4.53. The van der Waals surface area contributed by atoms with E-state index in [0.29, 0.717) is 6.04 Å². The van der Waals surface area contributed by atoms with Crippen LogP contribution in [0, 0.1) is 0 Å². The largest absolute Gasteiger partial charge is 0.497 e. The van der Waals surface area contributed by atoms with Crippen LogP contribution in [0.2, 0.25) is 0 Å². The smallest absolute Gasteiger partial charge is 0.119 e. The second kappa shape index (κ2) is 7.84. The van der Waals surface area contributed by atoms with Crippen LogP contribution in [0.1, 0.15) is 18.4 Å². The maximum absolute atomic E-state index is 5.30. The second-order valence-corrected chi connectivity index (χ2v) is 6.97. The first-order valence-electron chi connectivity index (χ1n) is 8.10. The minimum absolute atomic E-state index is 0.567. The fourth-order valence-corrected chi connectivity index (χ4v) is 3.31. The summed E-state index contributed by atoms with van der Waals surface area (Å²) in [4.78, 5) is 2.52. The molecular formula is C19H23BrN2O. The van der Waals surface area contributed by atoms with Gasteiger partial charge < -0.3 is 10.1 Å². The molecule has 23 heavy (non-hydrogen) atoms. The molecule has 0 atom stereocenters. The number of piperidine rings is 1. The van der Waals surface area contributed by atoms with Crippen molar-refractivity contribution in [3.63, 3.8) is 0 Å². The Morgan fingerprint density at radius 1 is 1.13 bits per heavy atom. The Bertz CT molecular complexity index is 622. The van der Waals surface area contributed by atoms with E-state index in [9.17, 15) is 0 Å². The van der Waals surface area contributed by atoms with Crippen molar-refractivity contribution in [2.24, 2.45) is 0 Å². The minimum atomic E-state index is 0.567. The van der Waals surface area contributed by atoms with Crippen molar-refractivity contribution < 1.29 is 4.74 Å². The standard InChI is InChI=1S/C19H23BrN2O/c1-23-19-4-2-3-15(13-19)14-22-11-9-18(10-12-22)21-17-7-5-16(20)6-8-17/h2-8,13,18,21H,9-12,14H2,1H3. The number of nitrogens with zero attached hydrogens (tertiary/aromatic N) is 1. The SMILES string of the molecule is COc1cccc(CN2CCC(Nc3ccc(Br)cc3)CC2)c1. The number of ether oxygens (including phenoxy) is 1. The number of rotatable bonds is 5. The molecule has 1 N–H and O–H groups in total. The summed E-state index contributed by atoms with van der Waals surface area (Å²) in [7, 11) is 1.72. The lowest BCUT2D eigenvalue weighted by atomic mass is 10.0. The fourth-order valence-electron chi connectivity index (χ4n) is 3.05. The molecule has 1 saturated heterocycles. The number of hydrogen-bond donors (Lipinski definition) is 1. The van der Waals surface area contributed by atoms with Gasteiger partial charge in [-0.2, -0.15) is 0 Å². The maximum atomic E-state index is 5.30. The third-order valence-corrected chi connectivity index (χ3v) is 4.87. The molecular weight excluding hydrogens is 352 g/mol. The third kappa shape index (κ3) is 4.72. The van der Waals surface area contributed by atoms with E-state index >= 15 is 0 Å². The monoisotopic (exact) mass is 374 g/mol. The molecule has 0 radical (unpaired) electrons. The zero-order valence-electron chi connectivity index (χ0n) is 13.5. The zero-order valence-corrected chi connectivity index (χ0v) is 15.1. The van der Waals surface area contributed by atoms with E-state index in [1.54, 1.807) is 7.11 Å². The van der Waals surface area contributed by atoms with E-state index in [0.717, 1.165) is 29.9 Å². The Morgan fingerprint density at radius 3 is 2.57 bits per heavy atom. The lowest BCUT2D eigenvalue weighted by Gasteiger charge is -2.33. The molecule has 0 unspecified atom stereocenters. The van der Waals surface area contributed by atoms with Gasteiger partial charge in [0.1, 0.15) is 5.75 Å². The molecule has 0 amide bonds. The van der Waals surface area contributed by atoms with Crippen LogP contribution in [0.15, 0.2) is 53.0 Å². The van der Waals surface area contributed by atoms with Gasteiger partial charge >= 0.3 is 0 Å². The van der Waals surface area contributed by atoms with Crippen molar-refractivity contribution in [3.8, 4) is 5.75 Å². The van der Waals surface area contributed by atoms with Gasteiger partial charge in [0, 0.05) is 35.8 Å². The summed E-state index contributed by atoms with van der Waals surface area (Å²) in [5, 5.41) is 3.64. The Hall–Kier alpha value is -1.52. The topological polar surface area (TPSA) is 24.5 Å². The lowest BCUT2D eigenvalue weighted by molar-refractivity contribution is 0.211. The van der Waals surface area contributed by atoms with E-state index < -0.39 is 0 Å². The van der Waals surface area contributed by atoms with Crippen LogP contribution in [0.4, 0.5) is 5.69 Å². The zero-order chi connectivity index (χ0) is 16.1. The summed E-state index contributed by atoms with van der Waals surface area (Å²) in [6, 6.07) is 17.4. The number of anilines is 1. The average Bonchev–Trinajstić information content (AvgIpc) is 2.59. The predicted molar refractivity (Wildman–Crippen MR) is 99.1 cm³/mol. The molecule has 1 heterocycles. The lowest BCUT2D eigenvalue weighted by Crippen LogP contribution is -2.38. The van der Waals surface area contributed by atoms with Crippen LogP contribution in [0.25, 0.3) is 0 Å². The van der Waals surface area contributed by atoms with Gasteiger partial charge in [0.25, 0.3) is 0 Å². The van der Waals surface area contributed by atoms with Gasteiger partial charge in [0.05, 0.1) is 7.11 Å². The van der Waals surface area contributed by atoms with Crippen LogP contribution in [-0.4, -0.2) is 31.1 Å². The molecule has 3 rings (SSSR count). The highest BCUT2D eigenvalue weighted by molar-refractivity contribution is 9.10. The number of methoxy groups -OCH3 is 1. The van der Waals surface area contributed by atoms with Gasteiger partial charge in [-0.15, -0.1) is 0 Å². The van der Waals surface area contributed by atoms with E-state index in [2.05, 4.69) is 68.6 Å². The summed E-state index contributed by atoms with van der Waals surface area (Å²) >= 11 is 3.48. The van der Waals surface area contributed by atoms with Crippen molar-refractivity contribution in [2.45, 2.75) is 25.4 Å². The molecule has 2 aromatic carbocycles. The van der Waals surface area contributed by atoms with Gasteiger partial charge in [-0.25, -0.2) is 0 Å². The van der Waals surface area contributed by atoms with Gasteiger partial charge in [0.15, 0.2) is 0 Å². The molecule has 2 aromatic rings. The third-order valence-electron chi connectivity index (χ3n) is 4.34. The van der Waals surface area contributed by atoms with E-state index in [1.165, 1.54) is 24.1 Å². The van der Waals surface area contributed by atoms with E-state index in [4.69, 9.17) is 4.74 Å². The molecule has 0 saturated carbocycles. The van der Waals surface area contributed by atoms with Crippen molar-refractivity contribution in [1.29, 1.82) is 0 Å². The molecule has 0 aliphatic carbocycles. The molecule has 1 fully saturated rings. The average molecular weight is 375 g/mol. The summed E-state index contributed by atoms with van der Waals surface area (Å²) in [6.07, 6.45) is 2.36. The summed E-state index contributed by atoms with van der Waals surface area (Å²) in [5.41, 5.74) is 2.53. The summed E-state index contributed by atoms with van der Waals surface area (Å²) in [5.74, 6) is 0.939. The first-order chi connectivity index (χ1) is 11.2. The van der Waals surface area contributed by atoms with Crippen molar-refractivity contribution in [3.05, 3.63) is 58.6 Å². The Labute approximate surface area is 146 Å². The number of benzene rings is 2. The van der Waals surface area contributed by atoms with Crippen LogP contribution in [-0.2, 0) is 6.54 Å². The van der Waals surface area contributed by atoms with Crippen molar-refractivity contribution >= 4 is 21.6 Å². The van der Waals surface area contributed by atoms with Crippen LogP contribution < -0.4 is 10.1 Å². The highest BCUT2D eigenvalue weighted by atomic mass is 79.9. The summed E-state index contributed by atoms with van der Waals surface area (Å²) < 4.78 is 6.43. The highest BCUT2D eigenvalue weighted by Gasteiger charge is 2.19. The van der Waals surface area contributed by atoms with Crippen molar-refractivity contribution in [1.82, 2.24) is 4.90 Å². The first-order valence-corrected chi connectivity index (χ1v) is 8.89. The number of hydrogen-bond acceptors (Lipinski definition) is 3. The molecule has 0 aromatic heterocycles. The maximum Gasteiger partial charge on any atom is 0.119 e. The second-order valence-electron chi connectivity index (χ2n) is 6.05. The van der Waals surface area contributed by atoms with E-state index in [1.807, 2.05) is 6.07 Å². The normalized spacial score (nSPS) is 16.3. The Balaban J connectivity index is 1.49. The molecule has 1 aliphatic heterocycles. The highest BCUT2D eigenvalue weighted by Crippen LogP contribution is 2.21. The fraction of sp³-hybridized carbons (Fsp3) is 0.368. The number of halogens is 1. The van der Waals surface area contributed by atoms with Crippen LogP contribution in [0.3, 0.4) is 0 Å². The molecule has 0 spiro atoms. The molecule has 4 heteroatoms. The van der Waals surface area contributed by atoms with Gasteiger partial charge in [0.2, 0.25) is 0 Å². The molecule has 122 valence electrons. The van der Waals surface area contributed by atoms with Crippen LogP contribution >= 0.6 is 15.9 Å². The van der Waals surface area contributed by atoms with E-state index in [-0.39, 0.29) is 0 Å². The van der Waals surface area contributed by atoms with Crippen LogP contribution in [0.5, 0.6) is 5.75 Å². The first kappa shape index (κ1) is 16.3. The number of nitrogens with one attached hydrogen (secondary N) is 1. The molecule has 1 aliphatic rings. The number of likely N-dealkylation sites (tertiary alicyclic amines) is 1. The Kier molecular flexibility index (Phi) is 5.57. The van der Waals surface area contributed by atoms with Gasteiger partial charge in [-0.1, -0.05) is 28.1 Å². The van der Waals surface area contributed by atoms with Gasteiger partial charge in [-0.3, -0.25) is 4.90 Å². The molecule has 0 bridgehead atoms. The van der Waals surface area contributed by atoms with Gasteiger partial charge in [-0.05, 0) is 54.8 Å². The Morgan fingerprint density at radius 2 is 1.87 bits per heavy atom. The minimum Gasteiger partial charge on any atom is -0.497 e. The quantitative estimate of drug-likeness (QED) is 0.831. The van der Waals surface area contributed by atoms with Crippen molar-refractivity contribution in [2.75, 3.05) is 25.5 Å². The molecule has 3 nitrogen and oxygen atoms in total.